The number of carbonyl (C=O) groups is 1. The minimum absolute atomic E-state index is 0.189. The van der Waals surface area contributed by atoms with Crippen molar-refractivity contribution < 1.29 is 9.53 Å². The van der Waals surface area contributed by atoms with Crippen molar-refractivity contribution in [1.29, 1.82) is 0 Å². The molecule has 1 saturated heterocycles. The topological polar surface area (TPSA) is 93.4 Å². The van der Waals surface area contributed by atoms with Crippen LogP contribution in [0.4, 0.5) is 5.82 Å². The van der Waals surface area contributed by atoms with Gasteiger partial charge in [-0.3, -0.25) is 4.79 Å². The number of rotatable bonds is 6. The molecular formula is C14H23N5O2. The van der Waals surface area contributed by atoms with Gasteiger partial charge in [0, 0.05) is 26.2 Å². The first-order chi connectivity index (χ1) is 10.2. The van der Waals surface area contributed by atoms with Gasteiger partial charge in [0.05, 0.1) is 12.7 Å². The molecule has 0 saturated carbocycles. The molecule has 7 heteroatoms. The van der Waals surface area contributed by atoms with Crippen molar-refractivity contribution in [2.45, 2.75) is 25.9 Å². The van der Waals surface area contributed by atoms with E-state index < -0.39 is 0 Å². The van der Waals surface area contributed by atoms with Gasteiger partial charge in [0.25, 0.3) is 5.91 Å². The molecule has 0 atom stereocenters. The summed E-state index contributed by atoms with van der Waals surface area (Å²) < 4.78 is 5.65. The summed E-state index contributed by atoms with van der Waals surface area (Å²) in [4.78, 5) is 13.8. The normalized spacial score (nSPS) is 16.0. The van der Waals surface area contributed by atoms with E-state index in [4.69, 9.17) is 10.5 Å². The summed E-state index contributed by atoms with van der Waals surface area (Å²) >= 11 is 0. The third kappa shape index (κ3) is 4.37. The van der Waals surface area contributed by atoms with E-state index in [2.05, 4.69) is 20.4 Å². The fraction of sp³-hybridized carbons (Fsp3) is 0.643. The second kappa shape index (κ2) is 7.90. The van der Waals surface area contributed by atoms with Crippen LogP contribution in [0.2, 0.25) is 0 Å². The number of nitrogens with zero attached hydrogens (tertiary/aromatic N) is 3. The molecule has 0 radical (unpaired) electrons. The maximum absolute atomic E-state index is 11.6. The number of aromatic nitrogens is 2. The molecule has 3 N–H and O–H groups in total. The lowest BCUT2D eigenvalue weighted by atomic mass is 10.1. The Morgan fingerprint density at radius 3 is 2.76 bits per heavy atom. The van der Waals surface area contributed by atoms with E-state index in [0.717, 1.165) is 31.7 Å². The number of nitrogens with two attached hydrogens (primary N) is 1. The van der Waals surface area contributed by atoms with Gasteiger partial charge in [-0.2, -0.15) is 0 Å². The SMILES string of the molecule is CCNC(=O)c1ccc(N2CCC(OCCN)CC2)nn1. The Hall–Kier alpha value is -1.73. The average Bonchev–Trinajstić information content (AvgIpc) is 2.54. The summed E-state index contributed by atoms with van der Waals surface area (Å²) in [6.07, 6.45) is 2.20. The molecule has 1 aliphatic rings. The molecule has 0 aromatic carbocycles. The van der Waals surface area contributed by atoms with Crippen molar-refractivity contribution in [2.75, 3.05) is 37.7 Å². The van der Waals surface area contributed by atoms with E-state index in [1.54, 1.807) is 6.07 Å². The first-order valence-electron chi connectivity index (χ1n) is 7.43. The Balaban J connectivity index is 1.87. The van der Waals surface area contributed by atoms with Crippen molar-refractivity contribution in [3.63, 3.8) is 0 Å². The zero-order valence-corrected chi connectivity index (χ0v) is 12.4. The van der Waals surface area contributed by atoms with Crippen LogP contribution >= 0.6 is 0 Å². The standard InChI is InChI=1S/C14H23N5O2/c1-2-16-14(20)12-3-4-13(18-17-12)19-8-5-11(6-9-19)21-10-7-15/h3-4,11H,2,5-10,15H2,1H3,(H,16,20). The second-order valence-electron chi connectivity index (χ2n) is 4.98. The average molecular weight is 293 g/mol. The summed E-state index contributed by atoms with van der Waals surface area (Å²) in [7, 11) is 0. The maximum Gasteiger partial charge on any atom is 0.271 e. The van der Waals surface area contributed by atoms with Crippen LogP contribution in [0.3, 0.4) is 0 Å². The lowest BCUT2D eigenvalue weighted by Crippen LogP contribution is -2.38. The van der Waals surface area contributed by atoms with Crippen LogP contribution < -0.4 is 16.0 Å². The molecule has 0 bridgehead atoms. The zero-order valence-electron chi connectivity index (χ0n) is 12.4. The molecule has 2 heterocycles. The summed E-state index contributed by atoms with van der Waals surface area (Å²) in [6, 6.07) is 3.56. The lowest BCUT2D eigenvalue weighted by molar-refractivity contribution is 0.0421. The second-order valence-corrected chi connectivity index (χ2v) is 4.98. The number of hydrogen-bond acceptors (Lipinski definition) is 6. The Labute approximate surface area is 124 Å². The molecular weight excluding hydrogens is 270 g/mol. The largest absolute Gasteiger partial charge is 0.377 e. The summed E-state index contributed by atoms with van der Waals surface area (Å²) in [5.41, 5.74) is 5.79. The summed E-state index contributed by atoms with van der Waals surface area (Å²) in [5, 5.41) is 10.8. The highest BCUT2D eigenvalue weighted by Crippen LogP contribution is 2.19. The Bertz CT molecular complexity index is 443. The van der Waals surface area contributed by atoms with E-state index >= 15 is 0 Å². The van der Waals surface area contributed by atoms with Crippen LogP contribution in [0.15, 0.2) is 12.1 Å². The van der Waals surface area contributed by atoms with Crippen molar-refractivity contribution in [3.05, 3.63) is 17.8 Å². The molecule has 0 aliphatic carbocycles. The van der Waals surface area contributed by atoms with Crippen molar-refractivity contribution in [2.24, 2.45) is 5.73 Å². The molecule has 2 rings (SSSR count). The first-order valence-corrected chi connectivity index (χ1v) is 7.43. The van der Waals surface area contributed by atoms with E-state index in [1.165, 1.54) is 0 Å². The Morgan fingerprint density at radius 2 is 2.19 bits per heavy atom. The molecule has 1 aromatic rings. The minimum Gasteiger partial charge on any atom is -0.377 e. The number of anilines is 1. The Morgan fingerprint density at radius 1 is 1.43 bits per heavy atom. The number of piperidine rings is 1. The third-order valence-corrected chi connectivity index (χ3v) is 3.46. The van der Waals surface area contributed by atoms with E-state index in [0.29, 0.717) is 25.4 Å². The molecule has 1 amide bonds. The maximum atomic E-state index is 11.6. The number of carbonyl (C=O) groups excluding carboxylic acids is 1. The molecule has 0 spiro atoms. The van der Waals surface area contributed by atoms with Crippen molar-refractivity contribution in [3.8, 4) is 0 Å². The molecule has 1 aromatic heterocycles. The van der Waals surface area contributed by atoms with Gasteiger partial charge in [0.1, 0.15) is 0 Å². The number of hydrogen-bond donors (Lipinski definition) is 2. The fourth-order valence-electron chi connectivity index (χ4n) is 2.35. The number of ether oxygens (including phenoxy) is 1. The highest BCUT2D eigenvalue weighted by Gasteiger charge is 2.21. The van der Waals surface area contributed by atoms with E-state index in [1.807, 2.05) is 13.0 Å². The first kappa shape index (κ1) is 15.7. The lowest BCUT2D eigenvalue weighted by Gasteiger charge is -2.32. The summed E-state index contributed by atoms with van der Waals surface area (Å²) in [5.74, 6) is 0.616. The quantitative estimate of drug-likeness (QED) is 0.776. The summed E-state index contributed by atoms with van der Waals surface area (Å²) in [6.45, 7) is 5.39. The predicted octanol–water partition coefficient (Wildman–Crippen LogP) is 0.170. The minimum atomic E-state index is -0.189. The van der Waals surface area contributed by atoms with Crippen LogP contribution in [-0.2, 0) is 4.74 Å². The van der Waals surface area contributed by atoms with E-state index in [-0.39, 0.29) is 12.0 Å². The third-order valence-electron chi connectivity index (χ3n) is 3.46. The van der Waals surface area contributed by atoms with Crippen molar-refractivity contribution in [1.82, 2.24) is 15.5 Å². The van der Waals surface area contributed by atoms with Gasteiger partial charge in [0.2, 0.25) is 0 Å². The van der Waals surface area contributed by atoms with Crippen LogP contribution in [0, 0.1) is 0 Å². The zero-order chi connectivity index (χ0) is 15.1. The molecule has 21 heavy (non-hydrogen) atoms. The van der Waals surface area contributed by atoms with Crippen LogP contribution in [0.1, 0.15) is 30.3 Å². The monoisotopic (exact) mass is 293 g/mol. The van der Waals surface area contributed by atoms with Gasteiger partial charge in [-0.1, -0.05) is 0 Å². The van der Waals surface area contributed by atoms with Crippen LogP contribution in [0.25, 0.3) is 0 Å². The molecule has 116 valence electrons. The smallest absolute Gasteiger partial charge is 0.271 e. The highest BCUT2D eigenvalue weighted by molar-refractivity contribution is 5.92. The molecule has 1 fully saturated rings. The molecule has 7 nitrogen and oxygen atoms in total. The van der Waals surface area contributed by atoms with Gasteiger partial charge in [-0.15, -0.1) is 10.2 Å². The van der Waals surface area contributed by atoms with Gasteiger partial charge in [0.15, 0.2) is 11.5 Å². The van der Waals surface area contributed by atoms with E-state index in [9.17, 15) is 4.79 Å². The van der Waals surface area contributed by atoms with Crippen molar-refractivity contribution >= 4 is 11.7 Å². The number of amides is 1. The van der Waals surface area contributed by atoms with Gasteiger partial charge in [-0.25, -0.2) is 0 Å². The predicted molar refractivity (Wildman–Crippen MR) is 80.3 cm³/mol. The molecule has 0 unspecified atom stereocenters. The van der Waals surface area contributed by atoms with Crippen LogP contribution in [0.5, 0.6) is 0 Å². The van der Waals surface area contributed by atoms with Gasteiger partial charge in [-0.05, 0) is 31.9 Å². The molecule has 1 aliphatic heterocycles. The fourth-order valence-corrected chi connectivity index (χ4v) is 2.35. The van der Waals surface area contributed by atoms with Crippen LogP contribution in [-0.4, -0.2) is 55.0 Å². The Kier molecular flexibility index (Phi) is 5.89. The number of nitrogens with one attached hydrogen (secondary N) is 1. The van der Waals surface area contributed by atoms with Gasteiger partial charge < -0.3 is 20.7 Å². The van der Waals surface area contributed by atoms with Gasteiger partial charge >= 0.3 is 0 Å². The highest BCUT2D eigenvalue weighted by atomic mass is 16.5.